The van der Waals surface area contributed by atoms with E-state index in [9.17, 15) is 9.59 Å². The third kappa shape index (κ3) is 5.37. The van der Waals surface area contributed by atoms with Crippen molar-refractivity contribution in [3.05, 3.63) is 54.1 Å². The van der Waals surface area contributed by atoms with Crippen molar-refractivity contribution >= 4 is 29.0 Å². The van der Waals surface area contributed by atoms with Crippen LogP contribution in [-0.2, 0) is 4.79 Å². The number of nitrogens with zero attached hydrogens (tertiary/aromatic N) is 2. The van der Waals surface area contributed by atoms with Gasteiger partial charge in [-0.05, 0) is 68.9 Å². The highest BCUT2D eigenvalue weighted by atomic mass is 16.2. The highest BCUT2D eigenvalue weighted by molar-refractivity contribution is 5.96. The maximum absolute atomic E-state index is 13.0. The monoisotopic (exact) mass is 420 g/mol. The lowest BCUT2D eigenvalue weighted by Gasteiger charge is -2.33. The van der Waals surface area contributed by atoms with E-state index in [1.807, 2.05) is 49.4 Å². The van der Waals surface area contributed by atoms with Crippen molar-refractivity contribution in [2.45, 2.75) is 39.0 Å². The summed E-state index contributed by atoms with van der Waals surface area (Å²) in [5.74, 6) is -0.0133. The van der Waals surface area contributed by atoms with Gasteiger partial charge in [0.1, 0.15) is 0 Å². The van der Waals surface area contributed by atoms with Gasteiger partial charge in [-0.15, -0.1) is 0 Å². The normalized spacial score (nSPS) is 17.3. The first-order valence-corrected chi connectivity index (χ1v) is 11.4. The fraction of sp³-hybridized carbons (Fsp3) is 0.440. The smallest absolute Gasteiger partial charge is 0.321 e. The number of hydrogen-bond donors (Lipinski definition) is 2. The van der Waals surface area contributed by atoms with Gasteiger partial charge in [0.05, 0.1) is 11.4 Å². The SMILES string of the molecule is Cc1cccc(NC(=O)N2CCC(C(=O)Nc3ccccc3N3CCCCC3)CC2)c1. The number of nitrogens with one attached hydrogen (secondary N) is 2. The second-order valence-electron chi connectivity index (χ2n) is 8.62. The number of amides is 3. The van der Waals surface area contributed by atoms with Crippen LogP contribution in [0.5, 0.6) is 0 Å². The molecule has 2 aliphatic rings. The Morgan fingerprint density at radius 3 is 2.35 bits per heavy atom. The van der Waals surface area contributed by atoms with E-state index >= 15 is 0 Å². The molecule has 0 saturated carbocycles. The highest BCUT2D eigenvalue weighted by Gasteiger charge is 2.28. The van der Waals surface area contributed by atoms with Crippen LogP contribution in [0.15, 0.2) is 48.5 Å². The topological polar surface area (TPSA) is 64.7 Å². The molecule has 2 N–H and O–H groups in total. The minimum atomic E-state index is -0.0973. The summed E-state index contributed by atoms with van der Waals surface area (Å²) in [7, 11) is 0. The summed E-state index contributed by atoms with van der Waals surface area (Å²) >= 11 is 0. The molecule has 0 atom stereocenters. The van der Waals surface area contributed by atoms with Crippen LogP contribution in [0.2, 0.25) is 0 Å². The van der Waals surface area contributed by atoms with Crippen molar-refractivity contribution in [3.8, 4) is 0 Å². The third-order valence-electron chi connectivity index (χ3n) is 6.28. The first-order valence-electron chi connectivity index (χ1n) is 11.4. The number of carbonyl (C=O) groups excluding carboxylic acids is 2. The predicted octanol–water partition coefficient (Wildman–Crippen LogP) is 4.87. The third-order valence-corrected chi connectivity index (χ3v) is 6.28. The second-order valence-corrected chi connectivity index (χ2v) is 8.62. The molecular weight excluding hydrogens is 388 g/mol. The molecule has 0 aliphatic carbocycles. The minimum Gasteiger partial charge on any atom is -0.370 e. The average Bonchev–Trinajstić information content (AvgIpc) is 2.80. The van der Waals surface area contributed by atoms with Crippen molar-refractivity contribution in [2.75, 3.05) is 41.7 Å². The van der Waals surface area contributed by atoms with E-state index in [1.54, 1.807) is 4.90 Å². The number of piperidine rings is 2. The molecule has 0 unspecified atom stereocenters. The Kier molecular flexibility index (Phi) is 6.75. The van der Waals surface area contributed by atoms with E-state index < -0.39 is 0 Å². The summed E-state index contributed by atoms with van der Waals surface area (Å²) < 4.78 is 0. The second kappa shape index (κ2) is 9.86. The van der Waals surface area contributed by atoms with Crippen LogP contribution in [-0.4, -0.2) is 43.0 Å². The van der Waals surface area contributed by atoms with E-state index in [1.165, 1.54) is 19.3 Å². The zero-order valence-corrected chi connectivity index (χ0v) is 18.3. The van der Waals surface area contributed by atoms with E-state index in [4.69, 9.17) is 0 Å². The van der Waals surface area contributed by atoms with Gasteiger partial charge in [0.15, 0.2) is 0 Å². The van der Waals surface area contributed by atoms with Crippen LogP contribution in [0.25, 0.3) is 0 Å². The molecule has 2 aromatic carbocycles. The Hall–Kier alpha value is -3.02. The Morgan fingerprint density at radius 1 is 0.871 bits per heavy atom. The fourth-order valence-corrected chi connectivity index (χ4v) is 4.49. The number of urea groups is 1. The van der Waals surface area contributed by atoms with Gasteiger partial charge < -0.3 is 20.4 Å². The summed E-state index contributed by atoms with van der Waals surface area (Å²) in [5, 5.41) is 6.13. The van der Waals surface area contributed by atoms with E-state index in [2.05, 4.69) is 21.6 Å². The molecule has 2 saturated heterocycles. The summed E-state index contributed by atoms with van der Waals surface area (Å²) in [6.45, 7) is 5.26. The van der Waals surface area contributed by atoms with Crippen LogP contribution in [0.1, 0.15) is 37.7 Å². The van der Waals surface area contributed by atoms with Crippen molar-refractivity contribution in [1.82, 2.24) is 4.90 Å². The van der Waals surface area contributed by atoms with Gasteiger partial charge in [-0.3, -0.25) is 4.79 Å². The quantitative estimate of drug-likeness (QED) is 0.742. The molecule has 3 amide bonds. The lowest BCUT2D eigenvalue weighted by Crippen LogP contribution is -2.43. The van der Waals surface area contributed by atoms with Crippen LogP contribution >= 0.6 is 0 Å². The van der Waals surface area contributed by atoms with Gasteiger partial charge in [-0.25, -0.2) is 4.79 Å². The van der Waals surface area contributed by atoms with Crippen molar-refractivity contribution in [1.29, 1.82) is 0 Å². The number of anilines is 3. The van der Waals surface area contributed by atoms with Gasteiger partial charge in [-0.1, -0.05) is 24.3 Å². The lowest BCUT2D eigenvalue weighted by molar-refractivity contribution is -0.121. The first-order chi connectivity index (χ1) is 15.1. The van der Waals surface area contributed by atoms with Crippen LogP contribution in [0, 0.1) is 12.8 Å². The molecule has 0 radical (unpaired) electrons. The van der Waals surface area contributed by atoms with Crippen molar-refractivity contribution in [3.63, 3.8) is 0 Å². The fourth-order valence-electron chi connectivity index (χ4n) is 4.49. The maximum Gasteiger partial charge on any atom is 0.321 e. The van der Waals surface area contributed by atoms with E-state index in [0.29, 0.717) is 25.9 Å². The zero-order chi connectivity index (χ0) is 21.6. The molecule has 4 rings (SSSR count). The molecule has 2 heterocycles. The standard InChI is InChI=1S/C25H32N4O2/c1-19-8-7-9-21(18-19)26-25(31)29-16-12-20(13-17-29)24(30)27-22-10-3-4-11-23(22)28-14-5-2-6-15-28/h3-4,7-11,18,20H,2,5-6,12-17H2,1H3,(H,26,31)(H,27,30). The number of benzene rings is 2. The lowest BCUT2D eigenvalue weighted by atomic mass is 9.96. The average molecular weight is 421 g/mol. The van der Waals surface area contributed by atoms with Gasteiger partial charge in [0.25, 0.3) is 0 Å². The maximum atomic E-state index is 13.0. The number of likely N-dealkylation sites (tertiary alicyclic amines) is 1. The zero-order valence-electron chi connectivity index (χ0n) is 18.3. The van der Waals surface area contributed by atoms with E-state index in [-0.39, 0.29) is 17.9 Å². The Labute approximate surface area is 184 Å². The van der Waals surface area contributed by atoms with Crippen molar-refractivity contribution < 1.29 is 9.59 Å². The Balaban J connectivity index is 1.31. The van der Waals surface area contributed by atoms with E-state index in [0.717, 1.165) is 35.7 Å². The number of para-hydroxylation sites is 2. The predicted molar refractivity (Wildman–Crippen MR) is 126 cm³/mol. The Morgan fingerprint density at radius 2 is 1.61 bits per heavy atom. The number of aryl methyl sites for hydroxylation is 1. The molecule has 164 valence electrons. The molecule has 2 aromatic rings. The summed E-state index contributed by atoms with van der Waals surface area (Å²) in [5.41, 5.74) is 3.93. The Bertz CT molecular complexity index is 915. The first kappa shape index (κ1) is 21.2. The molecule has 6 heteroatoms. The molecule has 0 spiro atoms. The van der Waals surface area contributed by atoms with Gasteiger partial charge >= 0.3 is 6.03 Å². The number of hydrogen-bond acceptors (Lipinski definition) is 3. The van der Waals surface area contributed by atoms with Crippen LogP contribution in [0.4, 0.5) is 21.9 Å². The molecule has 2 fully saturated rings. The summed E-state index contributed by atoms with van der Waals surface area (Å²) in [4.78, 5) is 29.7. The molecule has 6 nitrogen and oxygen atoms in total. The highest BCUT2D eigenvalue weighted by Crippen LogP contribution is 2.29. The number of rotatable bonds is 4. The summed E-state index contributed by atoms with van der Waals surface area (Å²) in [6, 6.07) is 15.8. The summed E-state index contributed by atoms with van der Waals surface area (Å²) in [6.07, 6.45) is 5.04. The van der Waals surface area contributed by atoms with Gasteiger partial charge in [-0.2, -0.15) is 0 Å². The molecule has 31 heavy (non-hydrogen) atoms. The van der Waals surface area contributed by atoms with Crippen LogP contribution < -0.4 is 15.5 Å². The van der Waals surface area contributed by atoms with Crippen LogP contribution in [0.3, 0.4) is 0 Å². The van der Waals surface area contributed by atoms with Gasteiger partial charge in [0.2, 0.25) is 5.91 Å². The van der Waals surface area contributed by atoms with Crippen molar-refractivity contribution in [2.24, 2.45) is 5.92 Å². The molecule has 0 bridgehead atoms. The molecule has 0 aromatic heterocycles. The largest absolute Gasteiger partial charge is 0.370 e. The van der Waals surface area contributed by atoms with Gasteiger partial charge in [0, 0.05) is 37.8 Å². The minimum absolute atomic E-state index is 0.0585. The number of carbonyl (C=O) groups is 2. The molecule has 2 aliphatic heterocycles. The molecular formula is C25H32N4O2.